The zero-order chi connectivity index (χ0) is 52.7. The Hall–Kier alpha value is -9.18. The van der Waals surface area contributed by atoms with Crippen molar-refractivity contribution >= 4 is 55.9 Å². The molecule has 2 aliphatic carbocycles. The first-order chi connectivity index (χ1) is 37.9. The van der Waals surface area contributed by atoms with Crippen LogP contribution in [0.5, 0.6) is 0 Å². The highest BCUT2D eigenvalue weighted by atomic mass is 15.2. The van der Waals surface area contributed by atoms with Crippen LogP contribution < -0.4 is 9.80 Å². The van der Waals surface area contributed by atoms with Crippen LogP contribution in [-0.2, 0) is 16.2 Å². The van der Waals surface area contributed by atoms with Crippen molar-refractivity contribution < 1.29 is 0 Å². The van der Waals surface area contributed by atoms with Crippen molar-refractivity contribution in [3.8, 4) is 50.2 Å². The molecule has 12 aromatic rings. The second kappa shape index (κ2) is 16.9. The lowest BCUT2D eigenvalue weighted by Crippen LogP contribution is -2.26. The van der Waals surface area contributed by atoms with Crippen LogP contribution in [0.3, 0.4) is 0 Å². The molecule has 0 spiro atoms. The molecule has 3 nitrogen and oxygen atoms in total. The maximum Gasteiger partial charge on any atom is 0.0583 e. The minimum absolute atomic E-state index is 0.0618. The molecule has 0 amide bonds. The Balaban J connectivity index is 0.868. The van der Waals surface area contributed by atoms with E-state index in [1.165, 1.54) is 105 Å². The van der Waals surface area contributed by atoms with Crippen LogP contribution in [0, 0.1) is 0 Å². The minimum atomic E-state index is -0.290. The van der Waals surface area contributed by atoms with Crippen molar-refractivity contribution in [1.29, 1.82) is 0 Å². The third kappa shape index (κ3) is 6.77. The fourth-order valence-electron chi connectivity index (χ4n) is 13.9. The molecule has 3 aliphatic rings. The molecule has 0 N–H and O–H groups in total. The molecule has 3 heteroatoms. The fourth-order valence-corrected chi connectivity index (χ4v) is 13.9. The number of hydrogen-bond donors (Lipinski definition) is 0. The van der Waals surface area contributed by atoms with Crippen LogP contribution in [0.1, 0.15) is 74.9 Å². The van der Waals surface area contributed by atoms with Crippen LogP contribution >= 0.6 is 0 Å². The van der Waals surface area contributed by atoms with Crippen molar-refractivity contribution in [2.24, 2.45) is 0 Å². The molecular formula is C75H59N3. The van der Waals surface area contributed by atoms with Crippen molar-refractivity contribution in [1.82, 2.24) is 4.57 Å². The molecule has 0 unspecified atom stereocenters. The highest BCUT2D eigenvalue weighted by Crippen LogP contribution is 2.54. The van der Waals surface area contributed by atoms with Gasteiger partial charge in [0, 0.05) is 61.1 Å². The van der Waals surface area contributed by atoms with E-state index in [9.17, 15) is 0 Å². The summed E-state index contributed by atoms with van der Waals surface area (Å²) in [7, 11) is 0. The van der Waals surface area contributed by atoms with E-state index >= 15 is 0 Å². The first-order valence-electron chi connectivity index (χ1n) is 27.6. The Labute approximate surface area is 458 Å². The summed E-state index contributed by atoms with van der Waals surface area (Å²) in [5.41, 5.74) is 28.4. The Morgan fingerprint density at radius 2 is 0.667 bits per heavy atom. The van der Waals surface area contributed by atoms with E-state index in [-0.39, 0.29) is 16.2 Å². The van der Waals surface area contributed by atoms with Gasteiger partial charge in [-0.25, -0.2) is 0 Å². The number of anilines is 6. The first-order valence-corrected chi connectivity index (χ1v) is 27.6. The summed E-state index contributed by atoms with van der Waals surface area (Å²) < 4.78 is 2.53. The number of aromatic nitrogens is 1. The number of hydrogen-bond acceptors (Lipinski definition) is 2. The molecule has 15 rings (SSSR count). The van der Waals surface area contributed by atoms with E-state index in [4.69, 9.17) is 0 Å². The lowest BCUT2D eigenvalue weighted by atomic mass is 9.74. The molecule has 2 heterocycles. The zero-order valence-electron chi connectivity index (χ0n) is 45.0. The molecule has 1 aliphatic heterocycles. The van der Waals surface area contributed by atoms with E-state index in [0.717, 1.165) is 34.1 Å². The van der Waals surface area contributed by atoms with Gasteiger partial charge in [-0.15, -0.1) is 0 Å². The SMILES string of the molecule is CC1(C)c2ccccc2-c2ccc(-c3ccc(N(c4ccccc4)c4ccc5c(c4)c4cc(N(c6ccccc6)c6ccc(-c7ccc8c(c7)C(C)(C)c7ccccc7-8)cc6)cc6c4n5-c4ccccc4C6(C)C)cc3)cc21. The number of fused-ring (bicyclic) bond motifs is 11. The fraction of sp³-hybridized carbons (Fsp3) is 0.120. The van der Waals surface area contributed by atoms with Crippen LogP contribution in [0.15, 0.2) is 249 Å². The van der Waals surface area contributed by atoms with Crippen LogP contribution in [-0.4, -0.2) is 4.57 Å². The third-order valence-corrected chi connectivity index (χ3v) is 18.0. The topological polar surface area (TPSA) is 11.4 Å². The van der Waals surface area contributed by atoms with Gasteiger partial charge in [0.2, 0.25) is 0 Å². The van der Waals surface area contributed by atoms with Gasteiger partial charge in [0.05, 0.1) is 16.7 Å². The summed E-state index contributed by atoms with van der Waals surface area (Å²) in [4.78, 5) is 4.86. The van der Waals surface area contributed by atoms with Crippen molar-refractivity contribution in [3.05, 3.63) is 282 Å². The predicted molar refractivity (Wildman–Crippen MR) is 328 cm³/mol. The lowest BCUT2D eigenvalue weighted by Gasteiger charge is -2.36. The summed E-state index contributed by atoms with van der Waals surface area (Å²) in [5, 5.41) is 2.44. The molecule has 0 atom stereocenters. The Bertz CT molecular complexity index is 4380. The molecule has 374 valence electrons. The summed E-state index contributed by atoms with van der Waals surface area (Å²) in [6.07, 6.45) is 0. The maximum atomic E-state index is 2.53. The molecule has 0 fully saturated rings. The van der Waals surface area contributed by atoms with Crippen molar-refractivity contribution in [3.63, 3.8) is 0 Å². The van der Waals surface area contributed by atoms with Gasteiger partial charge in [0.1, 0.15) is 0 Å². The van der Waals surface area contributed by atoms with Crippen LogP contribution in [0.25, 0.3) is 72.0 Å². The van der Waals surface area contributed by atoms with Crippen molar-refractivity contribution in [2.45, 2.75) is 57.8 Å². The standard InChI is InChI=1S/C75H59N3/c1-73(2)64-25-15-13-23-58(64)60-40-33-50(43-67(60)73)48-29-35-54(36-30-48)76(52-19-9-7-10-20-52)56-39-42-70-62(45-56)63-46-57(47-69-72(63)78(70)71-28-18-17-27-66(71)75(69,5)6)77(53-21-11-8-12-22-53)55-37-31-49(32-38-55)51-34-41-61-59-24-14-16-26-65(59)74(3,4)68(61)44-51/h7-47H,1-6H3. The predicted octanol–water partition coefficient (Wildman–Crippen LogP) is 20.3. The second-order valence-corrected chi connectivity index (χ2v) is 23.4. The largest absolute Gasteiger partial charge is 0.310 e. The number of rotatable bonds is 8. The van der Waals surface area contributed by atoms with Gasteiger partial charge in [0.25, 0.3) is 0 Å². The van der Waals surface area contributed by atoms with E-state index < -0.39 is 0 Å². The van der Waals surface area contributed by atoms with Gasteiger partial charge in [0.15, 0.2) is 0 Å². The molecule has 0 radical (unpaired) electrons. The quantitative estimate of drug-likeness (QED) is 0.150. The maximum absolute atomic E-state index is 2.53. The van der Waals surface area contributed by atoms with E-state index in [1.807, 2.05) is 0 Å². The van der Waals surface area contributed by atoms with E-state index in [2.05, 4.69) is 305 Å². The number of benzene rings is 11. The summed E-state index contributed by atoms with van der Waals surface area (Å²) in [6.45, 7) is 14.2. The monoisotopic (exact) mass is 1000 g/mol. The average Bonchev–Trinajstić information content (AvgIpc) is 4.15. The summed E-state index contributed by atoms with van der Waals surface area (Å²) in [5.74, 6) is 0. The van der Waals surface area contributed by atoms with Gasteiger partial charge in [-0.3, -0.25) is 0 Å². The molecule has 0 saturated heterocycles. The van der Waals surface area contributed by atoms with Gasteiger partial charge < -0.3 is 14.4 Å². The summed E-state index contributed by atoms with van der Waals surface area (Å²) >= 11 is 0. The summed E-state index contributed by atoms with van der Waals surface area (Å²) in [6, 6.07) is 93.0. The average molecular weight is 1000 g/mol. The highest BCUT2D eigenvalue weighted by Gasteiger charge is 2.38. The molecule has 0 saturated carbocycles. The van der Waals surface area contributed by atoms with Gasteiger partial charge in [-0.1, -0.05) is 193 Å². The minimum Gasteiger partial charge on any atom is -0.310 e. The van der Waals surface area contributed by atoms with Gasteiger partial charge in [-0.2, -0.15) is 0 Å². The smallest absolute Gasteiger partial charge is 0.0583 e. The zero-order valence-corrected chi connectivity index (χ0v) is 45.0. The number of nitrogens with zero attached hydrogens (tertiary/aromatic N) is 3. The second-order valence-electron chi connectivity index (χ2n) is 23.4. The molecule has 1 aromatic heterocycles. The molecular weight excluding hydrogens is 943 g/mol. The van der Waals surface area contributed by atoms with E-state index in [0.29, 0.717) is 0 Å². The lowest BCUT2D eigenvalue weighted by molar-refractivity contribution is 0.630. The van der Waals surface area contributed by atoms with Crippen LogP contribution in [0.4, 0.5) is 34.1 Å². The molecule has 0 bridgehead atoms. The van der Waals surface area contributed by atoms with E-state index in [1.54, 1.807) is 0 Å². The Morgan fingerprint density at radius 3 is 1.21 bits per heavy atom. The first kappa shape index (κ1) is 46.1. The van der Waals surface area contributed by atoms with Gasteiger partial charge >= 0.3 is 0 Å². The number of para-hydroxylation sites is 3. The molecule has 78 heavy (non-hydrogen) atoms. The van der Waals surface area contributed by atoms with Crippen LogP contribution in [0.2, 0.25) is 0 Å². The normalized spacial score (nSPS) is 14.6. The third-order valence-electron chi connectivity index (χ3n) is 18.0. The Kier molecular flexibility index (Phi) is 10.0. The highest BCUT2D eigenvalue weighted by molar-refractivity contribution is 6.14. The Morgan fingerprint density at radius 1 is 0.269 bits per heavy atom. The van der Waals surface area contributed by atoms with Gasteiger partial charge in [-0.05, 0) is 175 Å². The molecule has 11 aromatic carbocycles. The van der Waals surface area contributed by atoms with Crippen molar-refractivity contribution in [2.75, 3.05) is 9.80 Å².